The molecule has 1 aliphatic rings. The highest BCUT2D eigenvalue weighted by molar-refractivity contribution is 5.40. The predicted molar refractivity (Wildman–Crippen MR) is 73.4 cm³/mol. The van der Waals surface area contributed by atoms with Gasteiger partial charge in [-0.25, -0.2) is 0 Å². The summed E-state index contributed by atoms with van der Waals surface area (Å²) in [5.41, 5.74) is 11.5. The monoisotopic (exact) mass is 238 g/mol. The van der Waals surface area contributed by atoms with Crippen molar-refractivity contribution in [2.75, 3.05) is 0 Å². The zero-order valence-corrected chi connectivity index (χ0v) is 10.6. The van der Waals surface area contributed by atoms with Gasteiger partial charge in [-0.3, -0.25) is 4.98 Å². The average molecular weight is 238 g/mol. The number of hydrogen-bond donors (Lipinski definition) is 1. The number of fused-ring (bicyclic) bond motifs is 1. The summed E-state index contributed by atoms with van der Waals surface area (Å²) in [5.74, 6) is 0.610. The molecule has 0 radical (unpaired) electrons. The minimum atomic E-state index is 0.0447. The van der Waals surface area contributed by atoms with Crippen LogP contribution in [0, 0.1) is 6.92 Å². The van der Waals surface area contributed by atoms with E-state index in [0.717, 1.165) is 18.5 Å². The number of nitrogens with two attached hydrogens (primary N) is 1. The molecule has 2 aromatic rings. The van der Waals surface area contributed by atoms with Crippen LogP contribution in [0.1, 0.15) is 40.8 Å². The van der Waals surface area contributed by atoms with Gasteiger partial charge in [0.05, 0.1) is 5.69 Å². The average Bonchev–Trinajstić information content (AvgIpc) is 2.36. The van der Waals surface area contributed by atoms with Crippen LogP contribution in [0.3, 0.4) is 0 Å². The fourth-order valence-corrected chi connectivity index (χ4v) is 2.76. The third-order valence-corrected chi connectivity index (χ3v) is 3.82. The maximum Gasteiger partial charge on any atom is 0.0573 e. The van der Waals surface area contributed by atoms with Crippen molar-refractivity contribution in [1.82, 2.24) is 4.98 Å². The molecule has 2 nitrogen and oxygen atoms in total. The molecule has 18 heavy (non-hydrogen) atoms. The molecule has 1 aliphatic carbocycles. The second-order valence-electron chi connectivity index (χ2n) is 5.20. The number of aryl methyl sites for hydroxylation is 1. The van der Waals surface area contributed by atoms with E-state index in [2.05, 4.69) is 42.2 Å². The molecule has 2 N–H and O–H groups in total. The lowest BCUT2D eigenvalue weighted by molar-refractivity contribution is 0.492. The first-order valence-corrected chi connectivity index (χ1v) is 6.50. The smallest absolute Gasteiger partial charge is 0.0573 e. The number of pyridine rings is 1. The highest BCUT2D eigenvalue weighted by atomic mass is 14.8. The summed E-state index contributed by atoms with van der Waals surface area (Å²) in [6.45, 7) is 2.08. The van der Waals surface area contributed by atoms with E-state index in [1.54, 1.807) is 0 Å². The molecule has 92 valence electrons. The van der Waals surface area contributed by atoms with E-state index < -0.39 is 0 Å². The van der Waals surface area contributed by atoms with E-state index in [-0.39, 0.29) is 6.04 Å². The van der Waals surface area contributed by atoms with Crippen LogP contribution in [0.2, 0.25) is 0 Å². The van der Waals surface area contributed by atoms with Crippen LogP contribution >= 0.6 is 0 Å². The van der Waals surface area contributed by atoms with E-state index in [1.807, 2.05) is 12.3 Å². The Hall–Kier alpha value is -1.67. The molecule has 2 unspecified atom stereocenters. The van der Waals surface area contributed by atoms with Crippen LogP contribution < -0.4 is 5.73 Å². The fourth-order valence-electron chi connectivity index (χ4n) is 2.76. The predicted octanol–water partition coefficient (Wildman–Crippen LogP) is 3.12. The first-order valence-electron chi connectivity index (χ1n) is 6.50. The van der Waals surface area contributed by atoms with Gasteiger partial charge in [-0.2, -0.15) is 0 Å². The van der Waals surface area contributed by atoms with Gasteiger partial charge in [-0.15, -0.1) is 0 Å². The molecule has 1 heterocycles. The van der Waals surface area contributed by atoms with Gasteiger partial charge in [0.2, 0.25) is 0 Å². The van der Waals surface area contributed by atoms with E-state index in [1.165, 1.54) is 16.7 Å². The topological polar surface area (TPSA) is 38.9 Å². The third kappa shape index (κ3) is 2.04. The number of benzene rings is 1. The molecule has 0 saturated heterocycles. The zero-order chi connectivity index (χ0) is 12.5. The Bertz CT molecular complexity index is 563. The quantitative estimate of drug-likeness (QED) is 0.892. The van der Waals surface area contributed by atoms with Crippen LogP contribution in [-0.2, 0) is 6.42 Å². The Morgan fingerprint density at radius 1 is 1.33 bits per heavy atom. The molecule has 0 fully saturated rings. The first-order chi connectivity index (χ1) is 8.74. The van der Waals surface area contributed by atoms with Crippen molar-refractivity contribution in [3.8, 4) is 0 Å². The lowest BCUT2D eigenvalue weighted by Crippen LogP contribution is -2.23. The lowest BCUT2D eigenvalue weighted by Gasteiger charge is -2.31. The van der Waals surface area contributed by atoms with Crippen molar-refractivity contribution in [1.29, 1.82) is 0 Å². The Morgan fingerprint density at radius 3 is 2.94 bits per heavy atom. The van der Waals surface area contributed by atoms with Crippen molar-refractivity contribution in [3.63, 3.8) is 0 Å². The van der Waals surface area contributed by atoms with Crippen molar-refractivity contribution in [2.45, 2.75) is 31.7 Å². The summed E-state index contributed by atoms with van der Waals surface area (Å²) >= 11 is 0. The minimum Gasteiger partial charge on any atom is -0.323 e. The van der Waals surface area contributed by atoms with Gasteiger partial charge in [0, 0.05) is 12.2 Å². The standard InChI is InChI=1S/C16H18N2/c1-11-6-7-18-16(8-11)15(17)10-13-9-12-4-2-3-5-14(12)13/h2-8,13,15H,9-10,17H2,1H3. The molecule has 2 atom stereocenters. The summed E-state index contributed by atoms with van der Waals surface area (Å²) in [5, 5.41) is 0. The molecule has 0 aliphatic heterocycles. The summed E-state index contributed by atoms with van der Waals surface area (Å²) < 4.78 is 0. The molecule has 0 bridgehead atoms. The number of rotatable bonds is 3. The van der Waals surface area contributed by atoms with Crippen LogP contribution in [0.4, 0.5) is 0 Å². The van der Waals surface area contributed by atoms with Crippen molar-refractivity contribution >= 4 is 0 Å². The van der Waals surface area contributed by atoms with Gasteiger partial charge >= 0.3 is 0 Å². The summed E-state index contributed by atoms with van der Waals surface area (Å²) in [6, 6.07) is 12.8. The van der Waals surface area contributed by atoms with Crippen LogP contribution in [0.25, 0.3) is 0 Å². The number of nitrogens with zero attached hydrogens (tertiary/aromatic N) is 1. The molecule has 0 amide bonds. The summed E-state index contributed by atoms with van der Waals surface area (Å²) in [4.78, 5) is 4.38. The van der Waals surface area contributed by atoms with Crippen molar-refractivity contribution < 1.29 is 0 Å². The molecular weight excluding hydrogens is 220 g/mol. The van der Waals surface area contributed by atoms with Gasteiger partial charge in [-0.1, -0.05) is 24.3 Å². The SMILES string of the molecule is Cc1ccnc(C(N)CC2Cc3ccccc32)c1. The molecule has 1 aromatic carbocycles. The Morgan fingerprint density at radius 2 is 2.17 bits per heavy atom. The largest absolute Gasteiger partial charge is 0.323 e. The Balaban J connectivity index is 1.72. The normalized spacial score (nSPS) is 18.9. The van der Waals surface area contributed by atoms with Gasteiger partial charge in [0.1, 0.15) is 0 Å². The molecule has 2 heteroatoms. The third-order valence-electron chi connectivity index (χ3n) is 3.82. The zero-order valence-electron chi connectivity index (χ0n) is 10.6. The molecule has 1 aromatic heterocycles. The van der Waals surface area contributed by atoms with E-state index in [9.17, 15) is 0 Å². The highest BCUT2D eigenvalue weighted by Crippen LogP contribution is 2.39. The van der Waals surface area contributed by atoms with Gasteiger partial charge in [0.15, 0.2) is 0 Å². The van der Waals surface area contributed by atoms with E-state index >= 15 is 0 Å². The van der Waals surface area contributed by atoms with Gasteiger partial charge < -0.3 is 5.73 Å². The second-order valence-corrected chi connectivity index (χ2v) is 5.20. The highest BCUT2D eigenvalue weighted by Gasteiger charge is 2.27. The molecular formula is C16H18N2. The first kappa shape index (κ1) is 11.4. The molecule has 0 spiro atoms. The maximum absolute atomic E-state index is 6.27. The molecule has 3 rings (SSSR count). The van der Waals surface area contributed by atoms with Crippen molar-refractivity contribution in [3.05, 3.63) is 65.0 Å². The number of aromatic nitrogens is 1. The fraction of sp³-hybridized carbons (Fsp3) is 0.312. The summed E-state index contributed by atoms with van der Waals surface area (Å²) in [7, 11) is 0. The lowest BCUT2D eigenvalue weighted by atomic mass is 9.74. The summed E-state index contributed by atoms with van der Waals surface area (Å²) in [6.07, 6.45) is 4.00. The Kier molecular flexibility index (Phi) is 2.88. The molecule has 0 saturated carbocycles. The Labute approximate surface area is 108 Å². The van der Waals surface area contributed by atoms with E-state index in [0.29, 0.717) is 5.92 Å². The van der Waals surface area contributed by atoms with Crippen LogP contribution in [0.5, 0.6) is 0 Å². The van der Waals surface area contributed by atoms with Crippen LogP contribution in [0.15, 0.2) is 42.6 Å². The van der Waals surface area contributed by atoms with E-state index in [4.69, 9.17) is 5.73 Å². The second kappa shape index (κ2) is 4.54. The maximum atomic E-state index is 6.27. The number of hydrogen-bond acceptors (Lipinski definition) is 2. The van der Waals surface area contributed by atoms with Crippen molar-refractivity contribution in [2.24, 2.45) is 5.73 Å². The van der Waals surface area contributed by atoms with Gasteiger partial charge in [0.25, 0.3) is 0 Å². The minimum absolute atomic E-state index is 0.0447. The van der Waals surface area contributed by atoms with Crippen LogP contribution in [-0.4, -0.2) is 4.98 Å². The van der Waals surface area contributed by atoms with Gasteiger partial charge in [-0.05, 0) is 54.5 Å².